The number of nitrogens with two attached hydrogens (primary N) is 2. The number of amides is 2. The second-order valence-corrected chi connectivity index (χ2v) is 6.45. The Morgan fingerprint density at radius 1 is 0.923 bits per heavy atom. The van der Waals surface area contributed by atoms with E-state index >= 15 is 0 Å². The molecule has 0 aliphatic heterocycles. The van der Waals surface area contributed by atoms with E-state index in [4.69, 9.17) is 16.6 Å². The van der Waals surface area contributed by atoms with E-state index in [1.54, 1.807) is 13.8 Å². The van der Waals surface area contributed by atoms with E-state index in [0.717, 1.165) is 0 Å². The van der Waals surface area contributed by atoms with Crippen LogP contribution in [0.1, 0.15) is 46.0 Å². The molecule has 150 valence electrons. The average molecular weight is 374 g/mol. The lowest BCUT2D eigenvalue weighted by atomic mass is 10.0. The smallest absolute Gasteiger partial charge is 0.326 e. The quantitative estimate of drug-likeness (QED) is 0.222. The zero-order valence-corrected chi connectivity index (χ0v) is 15.2. The normalized spacial score (nSPS) is 14.3. The van der Waals surface area contributed by atoms with Gasteiger partial charge in [0.05, 0.1) is 6.04 Å². The van der Waals surface area contributed by atoms with E-state index in [1.807, 2.05) is 0 Å². The van der Waals surface area contributed by atoms with Crippen molar-refractivity contribution >= 4 is 23.8 Å². The van der Waals surface area contributed by atoms with E-state index in [2.05, 4.69) is 10.6 Å². The highest BCUT2D eigenvalue weighted by Crippen LogP contribution is 2.06. The van der Waals surface area contributed by atoms with Crippen LogP contribution >= 0.6 is 0 Å². The van der Waals surface area contributed by atoms with Crippen molar-refractivity contribution in [3.05, 3.63) is 0 Å². The summed E-state index contributed by atoms with van der Waals surface area (Å²) in [5.41, 5.74) is 11.1. The van der Waals surface area contributed by atoms with Crippen molar-refractivity contribution in [3.8, 4) is 0 Å². The summed E-state index contributed by atoms with van der Waals surface area (Å²) in [6.45, 7) is 3.87. The van der Waals surface area contributed by atoms with Crippen LogP contribution in [0.3, 0.4) is 0 Å². The predicted octanol–water partition coefficient (Wildman–Crippen LogP) is -0.982. The molecule has 0 aromatic heterocycles. The van der Waals surface area contributed by atoms with Crippen molar-refractivity contribution in [2.45, 2.75) is 64.1 Å². The molecule has 0 radical (unpaired) electrons. The fraction of sp³-hybridized carbons (Fsp3) is 0.750. The lowest BCUT2D eigenvalue weighted by molar-refractivity contribution is -0.143. The monoisotopic (exact) mass is 374 g/mol. The molecule has 3 atom stereocenters. The second kappa shape index (κ2) is 12.2. The minimum absolute atomic E-state index is 0.174. The molecule has 2 amide bonds. The molecule has 0 aliphatic carbocycles. The Bertz CT molecular complexity index is 497. The first-order chi connectivity index (χ1) is 12.1. The molecule has 0 aromatic rings. The molecule has 26 heavy (non-hydrogen) atoms. The van der Waals surface area contributed by atoms with Crippen molar-refractivity contribution in [2.24, 2.45) is 17.4 Å². The standard InChI is InChI=1S/C16H30N4O6/c1-9(2)13(18)15(24)19-10(6-7-12(21)22)14(23)20-11(16(25)26)5-3-4-8-17/h9-11,13H,3-8,17-18H2,1-2H3,(H,19,24)(H,20,23)(H,21,22)(H,25,26). The third-order valence-electron chi connectivity index (χ3n) is 3.86. The van der Waals surface area contributed by atoms with Gasteiger partial charge in [0.25, 0.3) is 0 Å². The zero-order chi connectivity index (χ0) is 20.3. The lowest BCUT2D eigenvalue weighted by Crippen LogP contribution is -2.55. The second-order valence-electron chi connectivity index (χ2n) is 6.45. The van der Waals surface area contributed by atoms with Crippen LogP contribution in [0.15, 0.2) is 0 Å². The van der Waals surface area contributed by atoms with Gasteiger partial charge in [-0.15, -0.1) is 0 Å². The molecular weight excluding hydrogens is 344 g/mol. The molecule has 0 bridgehead atoms. The molecule has 8 N–H and O–H groups in total. The Hall–Kier alpha value is -2.20. The van der Waals surface area contributed by atoms with Crippen LogP contribution in [0.5, 0.6) is 0 Å². The predicted molar refractivity (Wildman–Crippen MR) is 94.1 cm³/mol. The van der Waals surface area contributed by atoms with Crippen molar-refractivity contribution < 1.29 is 29.4 Å². The van der Waals surface area contributed by atoms with Crippen LogP contribution < -0.4 is 22.1 Å². The van der Waals surface area contributed by atoms with Gasteiger partial charge in [0.15, 0.2) is 0 Å². The van der Waals surface area contributed by atoms with E-state index in [-0.39, 0.29) is 25.2 Å². The summed E-state index contributed by atoms with van der Waals surface area (Å²) in [5, 5.41) is 22.8. The number of aliphatic carboxylic acids is 2. The molecule has 0 spiro atoms. The van der Waals surface area contributed by atoms with Crippen LogP contribution in [0.25, 0.3) is 0 Å². The van der Waals surface area contributed by atoms with E-state index < -0.39 is 41.9 Å². The van der Waals surface area contributed by atoms with Gasteiger partial charge in [-0.05, 0) is 38.1 Å². The summed E-state index contributed by atoms with van der Waals surface area (Å²) < 4.78 is 0. The Kier molecular flexibility index (Phi) is 11.2. The molecular formula is C16H30N4O6. The van der Waals surface area contributed by atoms with Gasteiger partial charge < -0.3 is 32.3 Å². The van der Waals surface area contributed by atoms with Crippen LogP contribution in [-0.4, -0.2) is 58.6 Å². The molecule has 0 fully saturated rings. The molecule has 10 heteroatoms. The van der Waals surface area contributed by atoms with E-state index in [1.165, 1.54) is 0 Å². The number of carbonyl (C=O) groups is 4. The summed E-state index contributed by atoms with van der Waals surface area (Å²) >= 11 is 0. The first-order valence-electron chi connectivity index (χ1n) is 8.61. The summed E-state index contributed by atoms with van der Waals surface area (Å²) in [6.07, 6.45) is 0.774. The van der Waals surface area contributed by atoms with Gasteiger partial charge in [-0.2, -0.15) is 0 Å². The van der Waals surface area contributed by atoms with Gasteiger partial charge in [-0.25, -0.2) is 4.79 Å². The number of hydrogen-bond acceptors (Lipinski definition) is 6. The van der Waals surface area contributed by atoms with Gasteiger partial charge in [0, 0.05) is 6.42 Å². The zero-order valence-electron chi connectivity index (χ0n) is 15.2. The Morgan fingerprint density at radius 3 is 1.96 bits per heavy atom. The summed E-state index contributed by atoms with van der Waals surface area (Å²) in [4.78, 5) is 46.5. The highest BCUT2D eigenvalue weighted by Gasteiger charge is 2.28. The average Bonchev–Trinajstić information content (AvgIpc) is 2.56. The number of nitrogens with one attached hydrogen (secondary N) is 2. The fourth-order valence-electron chi connectivity index (χ4n) is 2.13. The molecule has 0 saturated carbocycles. The van der Waals surface area contributed by atoms with Crippen LogP contribution in [0.4, 0.5) is 0 Å². The molecule has 3 unspecified atom stereocenters. The van der Waals surface area contributed by atoms with Crippen LogP contribution in [0.2, 0.25) is 0 Å². The molecule has 10 nitrogen and oxygen atoms in total. The number of unbranched alkanes of at least 4 members (excludes halogenated alkanes) is 1. The van der Waals surface area contributed by atoms with Gasteiger partial charge in [0.2, 0.25) is 11.8 Å². The van der Waals surface area contributed by atoms with Gasteiger partial charge in [0.1, 0.15) is 12.1 Å². The Balaban J connectivity index is 5.02. The first kappa shape index (κ1) is 23.8. The van der Waals surface area contributed by atoms with Crippen molar-refractivity contribution in [3.63, 3.8) is 0 Å². The Labute approximate surface area is 152 Å². The number of carboxylic acid groups (broad SMARTS) is 2. The fourth-order valence-corrected chi connectivity index (χ4v) is 2.13. The number of carboxylic acids is 2. The SMILES string of the molecule is CC(C)C(N)C(=O)NC(CCC(=O)O)C(=O)NC(CCCCN)C(=O)O. The van der Waals surface area contributed by atoms with E-state index in [9.17, 15) is 24.3 Å². The molecule has 0 heterocycles. The topological polar surface area (TPSA) is 185 Å². The number of rotatable bonds is 13. The molecule has 0 rings (SSSR count). The summed E-state index contributed by atoms with van der Waals surface area (Å²) in [7, 11) is 0. The maximum absolute atomic E-state index is 12.4. The minimum atomic E-state index is -1.21. The van der Waals surface area contributed by atoms with Crippen molar-refractivity contribution in [1.82, 2.24) is 10.6 Å². The van der Waals surface area contributed by atoms with Gasteiger partial charge in [-0.1, -0.05) is 13.8 Å². The van der Waals surface area contributed by atoms with E-state index in [0.29, 0.717) is 19.4 Å². The van der Waals surface area contributed by atoms with Crippen molar-refractivity contribution in [2.75, 3.05) is 6.54 Å². The Morgan fingerprint density at radius 2 is 1.50 bits per heavy atom. The largest absolute Gasteiger partial charge is 0.481 e. The first-order valence-corrected chi connectivity index (χ1v) is 8.61. The summed E-state index contributed by atoms with van der Waals surface area (Å²) in [5.74, 6) is -3.88. The third kappa shape index (κ3) is 9.33. The molecule has 0 saturated heterocycles. The van der Waals surface area contributed by atoms with Gasteiger partial charge in [-0.3, -0.25) is 14.4 Å². The van der Waals surface area contributed by atoms with Crippen LogP contribution in [-0.2, 0) is 19.2 Å². The third-order valence-corrected chi connectivity index (χ3v) is 3.86. The number of hydrogen-bond donors (Lipinski definition) is 6. The number of carbonyl (C=O) groups excluding carboxylic acids is 2. The van der Waals surface area contributed by atoms with Crippen LogP contribution in [0, 0.1) is 5.92 Å². The lowest BCUT2D eigenvalue weighted by Gasteiger charge is -2.23. The molecule has 0 aliphatic rings. The van der Waals surface area contributed by atoms with Crippen molar-refractivity contribution in [1.29, 1.82) is 0 Å². The highest BCUT2D eigenvalue weighted by molar-refractivity contribution is 5.92. The maximum atomic E-state index is 12.4. The van der Waals surface area contributed by atoms with Gasteiger partial charge >= 0.3 is 11.9 Å². The highest BCUT2D eigenvalue weighted by atomic mass is 16.4. The summed E-state index contributed by atoms with van der Waals surface area (Å²) in [6, 6.07) is -3.19. The maximum Gasteiger partial charge on any atom is 0.326 e. The molecule has 0 aromatic carbocycles. The minimum Gasteiger partial charge on any atom is -0.481 e.